The Bertz CT molecular complexity index is 985. The standard InChI is InChI=1S/C24H30O7/c1-12-8-14-9-17-22(31-11-30-17)23(28-6)18(14)19-15(20(26-4)13(12)2)10-16(25-3)21(27-5)24(19)29-7/h9-10,12-13,20H,8,11H2,1-7H3. The highest BCUT2D eigenvalue weighted by molar-refractivity contribution is 5.88. The fourth-order valence-corrected chi connectivity index (χ4v) is 4.81. The molecule has 2 aromatic carbocycles. The summed E-state index contributed by atoms with van der Waals surface area (Å²) < 4.78 is 40.7. The van der Waals surface area contributed by atoms with E-state index < -0.39 is 0 Å². The van der Waals surface area contributed by atoms with Crippen LogP contribution in [-0.4, -0.2) is 42.3 Å². The number of rotatable bonds is 5. The zero-order valence-electron chi connectivity index (χ0n) is 19.2. The van der Waals surface area contributed by atoms with Gasteiger partial charge in [-0.25, -0.2) is 0 Å². The molecule has 4 rings (SSSR count). The molecule has 7 heteroatoms. The summed E-state index contributed by atoms with van der Waals surface area (Å²) in [6.07, 6.45) is 0.641. The predicted molar refractivity (Wildman–Crippen MR) is 116 cm³/mol. The Kier molecular flexibility index (Phi) is 5.79. The Morgan fingerprint density at radius 1 is 0.806 bits per heavy atom. The topological polar surface area (TPSA) is 64.6 Å². The molecule has 3 unspecified atom stereocenters. The molecule has 0 radical (unpaired) electrons. The SMILES string of the molecule is COc1cc2c(c(OC)c1OC)-c1c(cc3c(c1OC)OCO3)CC(C)C(C)C2OC. The van der Waals surface area contributed by atoms with Crippen molar-refractivity contribution < 1.29 is 33.2 Å². The molecule has 0 bridgehead atoms. The van der Waals surface area contributed by atoms with Crippen LogP contribution >= 0.6 is 0 Å². The van der Waals surface area contributed by atoms with E-state index >= 15 is 0 Å². The van der Waals surface area contributed by atoms with Crippen molar-refractivity contribution in [3.63, 3.8) is 0 Å². The first-order chi connectivity index (χ1) is 15.0. The second kappa shape index (κ2) is 8.38. The largest absolute Gasteiger partial charge is 0.493 e. The van der Waals surface area contributed by atoms with Gasteiger partial charge in [0, 0.05) is 18.2 Å². The van der Waals surface area contributed by atoms with E-state index in [1.54, 1.807) is 35.5 Å². The van der Waals surface area contributed by atoms with Crippen molar-refractivity contribution in [1.82, 2.24) is 0 Å². The summed E-state index contributed by atoms with van der Waals surface area (Å²) in [6, 6.07) is 4.03. The predicted octanol–water partition coefficient (Wildman–Crippen LogP) is 4.63. The van der Waals surface area contributed by atoms with Gasteiger partial charge >= 0.3 is 0 Å². The van der Waals surface area contributed by atoms with E-state index in [4.69, 9.17) is 33.2 Å². The van der Waals surface area contributed by atoms with Crippen LogP contribution in [0.15, 0.2) is 12.1 Å². The average Bonchev–Trinajstić information content (AvgIpc) is 3.25. The number of ether oxygens (including phenoxy) is 7. The molecule has 1 aliphatic heterocycles. The normalized spacial score (nSPS) is 21.5. The van der Waals surface area contributed by atoms with Crippen molar-refractivity contribution in [2.24, 2.45) is 11.8 Å². The number of hydrogen-bond acceptors (Lipinski definition) is 7. The number of fused-ring (bicyclic) bond motifs is 4. The zero-order chi connectivity index (χ0) is 22.3. The van der Waals surface area contributed by atoms with Crippen molar-refractivity contribution in [3.05, 3.63) is 23.3 Å². The van der Waals surface area contributed by atoms with Crippen LogP contribution in [0.4, 0.5) is 0 Å². The van der Waals surface area contributed by atoms with Crippen LogP contribution < -0.4 is 28.4 Å². The van der Waals surface area contributed by atoms with E-state index in [-0.39, 0.29) is 18.8 Å². The Labute approximate surface area is 183 Å². The van der Waals surface area contributed by atoms with Gasteiger partial charge in [-0.15, -0.1) is 0 Å². The Hall–Kier alpha value is -2.80. The zero-order valence-corrected chi connectivity index (χ0v) is 19.2. The van der Waals surface area contributed by atoms with Crippen molar-refractivity contribution in [1.29, 1.82) is 0 Å². The molecule has 7 nitrogen and oxygen atoms in total. The summed E-state index contributed by atoms with van der Waals surface area (Å²) in [4.78, 5) is 0. The number of benzene rings is 2. The minimum atomic E-state index is -0.179. The average molecular weight is 430 g/mol. The van der Waals surface area contributed by atoms with Gasteiger partial charge in [-0.1, -0.05) is 13.8 Å². The summed E-state index contributed by atoms with van der Waals surface area (Å²) in [6.45, 7) is 4.61. The second-order valence-electron chi connectivity index (χ2n) is 7.98. The third kappa shape index (κ3) is 3.22. The lowest BCUT2D eigenvalue weighted by Gasteiger charge is -2.35. The molecule has 0 fully saturated rings. The van der Waals surface area contributed by atoms with Gasteiger partial charge in [-0.05, 0) is 41.5 Å². The van der Waals surface area contributed by atoms with Gasteiger partial charge in [0.15, 0.2) is 23.0 Å². The molecule has 0 amide bonds. The molecule has 168 valence electrons. The van der Waals surface area contributed by atoms with Gasteiger partial charge in [-0.3, -0.25) is 0 Å². The maximum absolute atomic E-state index is 6.04. The van der Waals surface area contributed by atoms with Crippen LogP contribution in [0.1, 0.15) is 31.1 Å². The fraction of sp³-hybridized carbons (Fsp3) is 0.500. The monoisotopic (exact) mass is 430 g/mol. The van der Waals surface area contributed by atoms with Crippen molar-refractivity contribution in [3.8, 4) is 45.6 Å². The van der Waals surface area contributed by atoms with Crippen LogP contribution in [0, 0.1) is 11.8 Å². The first kappa shape index (κ1) is 21.4. The Morgan fingerprint density at radius 2 is 1.52 bits per heavy atom. The molecule has 1 heterocycles. The smallest absolute Gasteiger partial charge is 0.231 e. The quantitative estimate of drug-likeness (QED) is 0.685. The van der Waals surface area contributed by atoms with Crippen molar-refractivity contribution in [2.45, 2.75) is 26.4 Å². The van der Waals surface area contributed by atoms with E-state index in [0.717, 1.165) is 28.7 Å². The van der Waals surface area contributed by atoms with Gasteiger partial charge in [0.2, 0.25) is 18.3 Å². The van der Waals surface area contributed by atoms with Gasteiger partial charge < -0.3 is 33.2 Å². The van der Waals surface area contributed by atoms with Gasteiger partial charge in [-0.2, -0.15) is 0 Å². The molecule has 0 saturated heterocycles. The molecule has 2 aromatic rings. The molecule has 0 aromatic heterocycles. The Morgan fingerprint density at radius 3 is 2.13 bits per heavy atom. The lowest BCUT2D eigenvalue weighted by Crippen LogP contribution is -2.24. The molecule has 2 aliphatic rings. The van der Waals surface area contributed by atoms with Crippen molar-refractivity contribution in [2.75, 3.05) is 42.3 Å². The van der Waals surface area contributed by atoms with Gasteiger partial charge in [0.05, 0.1) is 34.5 Å². The molecule has 3 atom stereocenters. The lowest BCUT2D eigenvalue weighted by atomic mass is 9.76. The Balaban J connectivity index is 2.17. The first-order valence-electron chi connectivity index (χ1n) is 10.4. The highest BCUT2D eigenvalue weighted by Gasteiger charge is 2.38. The molecule has 0 N–H and O–H groups in total. The van der Waals surface area contributed by atoms with Gasteiger partial charge in [0.1, 0.15) is 0 Å². The van der Waals surface area contributed by atoms with Crippen molar-refractivity contribution >= 4 is 0 Å². The maximum atomic E-state index is 6.04. The summed E-state index contributed by atoms with van der Waals surface area (Å²) in [5, 5.41) is 0. The summed E-state index contributed by atoms with van der Waals surface area (Å²) >= 11 is 0. The van der Waals surface area contributed by atoms with Crippen LogP contribution in [0.5, 0.6) is 34.5 Å². The van der Waals surface area contributed by atoms with Crippen LogP contribution in [0.25, 0.3) is 11.1 Å². The maximum Gasteiger partial charge on any atom is 0.231 e. The molecule has 31 heavy (non-hydrogen) atoms. The molecule has 0 spiro atoms. The van der Waals surface area contributed by atoms with Crippen LogP contribution in [0.2, 0.25) is 0 Å². The summed E-state index contributed by atoms with van der Waals surface area (Å²) in [7, 11) is 8.23. The minimum absolute atomic E-state index is 0.164. The van der Waals surface area contributed by atoms with E-state index in [2.05, 4.69) is 19.9 Å². The first-order valence-corrected chi connectivity index (χ1v) is 10.4. The van der Waals surface area contributed by atoms with E-state index in [0.29, 0.717) is 40.4 Å². The van der Waals surface area contributed by atoms with E-state index in [9.17, 15) is 0 Å². The summed E-state index contributed by atoms with van der Waals surface area (Å²) in [5.41, 5.74) is 3.81. The highest BCUT2D eigenvalue weighted by atomic mass is 16.7. The fourth-order valence-electron chi connectivity index (χ4n) is 4.81. The van der Waals surface area contributed by atoms with Crippen LogP contribution in [-0.2, 0) is 11.2 Å². The number of hydrogen-bond donors (Lipinski definition) is 0. The van der Waals surface area contributed by atoms with E-state index in [1.807, 2.05) is 6.07 Å². The van der Waals surface area contributed by atoms with Gasteiger partial charge in [0.25, 0.3) is 0 Å². The third-order valence-corrected chi connectivity index (χ3v) is 6.49. The summed E-state index contributed by atoms with van der Waals surface area (Å²) in [5.74, 6) is 4.15. The second-order valence-corrected chi connectivity index (χ2v) is 7.98. The number of methoxy groups -OCH3 is 5. The van der Waals surface area contributed by atoms with Crippen LogP contribution in [0.3, 0.4) is 0 Å². The molecular weight excluding hydrogens is 400 g/mol. The minimum Gasteiger partial charge on any atom is -0.493 e. The molecule has 0 saturated carbocycles. The van der Waals surface area contributed by atoms with E-state index in [1.165, 1.54) is 0 Å². The molecule has 1 aliphatic carbocycles. The lowest BCUT2D eigenvalue weighted by molar-refractivity contribution is 0.0361. The highest BCUT2D eigenvalue weighted by Crippen LogP contribution is 2.58. The molecular formula is C24H30O7. The third-order valence-electron chi connectivity index (χ3n) is 6.49.